The highest BCUT2D eigenvalue weighted by Crippen LogP contribution is 2.45. The smallest absolute Gasteiger partial charge is 0.463 e. The van der Waals surface area contributed by atoms with Crippen molar-refractivity contribution in [2.24, 2.45) is 0 Å². The van der Waals surface area contributed by atoms with E-state index in [1.165, 1.54) is 109 Å². The number of phosphoric ester groups is 2. The Morgan fingerprint density at radius 1 is 0.271 bits per heavy atom. The van der Waals surface area contributed by atoms with Crippen LogP contribution in [0, 0.1) is 0 Å². The second kappa shape index (κ2) is 80.4. The summed E-state index contributed by atoms with van der Waals surface area (Å²) in [5.41, 5.74) is 0. The lowest BCUT2D eigenvalue weighted by Crippen LogP contribution is -2.30. The summed E-state index contributed by atoms with van der Waals surface area (Å²) in [4.78, 5) is 58.7. The largest absolute Gasteiger partial charge is 0.472 e. The Hall–Kier alpha value is -5.09. The number of hydrogen-bond acceptors (Lipinski definition) is 14. The Morgan fingerprint density at radius 2 is 0.505 bits per heavy atom. The van der Waals surface area contributed by atoms with Gasteiger partial charge in [0.25, 0.3) is 0 Å². The molecule has 0 rings (SSSR count). The van der Waals surface area contributed by atoms with E-state index >= 15 is 0 Å². The molecule has 0 aromatic heterocycles. The van der Waals surface area contributed by atoms with Gasteiger partial charge in [0, 0.05) is 19.3 Å². The van der Waals surface area contributed by atoms with E-state index in [0.717, 1.165) is 141 Å². The monoisotopic (exact) mass is 1540 g/mol. The Labute approximate surface area is 650 Å². The second-order valence-corrected chi connectivity index (χ2v) is 30.1. The zero-order chi connectivity index (χ0) is 78.0. The van der Waals surface area contributed by atoms with Crippen molar-refractivity contribution < 1.29 is 75.8 Å². The maximum absolute atomic E-state index is 13.0. The molecular weight excluding hydrogens is 1390 g/mol. The number of hydrogen-bond donors (Lipinski definition) is 4. The SMILES string of the molecule is CC/C=C\C/C=C\C/C=C\C/C=C\C/C=C\CCCCCCCCCCCCCCCC(=O)OCC(O)COP(=O)(O)OCC(O)COP(=O)(O)OCC(COC(=O)CCCCCCCCCCC/C=C\C/C=C\C/C=C\C/C=C\CCCCC)OC(=O)CCC/C=C\C/C=C\C/C=C\C/C=C\C/C=C\CC. The summed E-state index contributed by atoms with van der Waals surface area (Å²) >= 11 is 0. The Balaban J connectivity index is 4.61. The number of aliphatic hydroxyl groups is 2. The first kappa shape index (κ1) is 102. The molecule has 0 saturated carbocycles. The van der Waals surface area contributed by atoms with E-state index in [4.69, 9.17) is 32.3 Å². The number of esters is 3. The molecule has 0 aromatic carbocycles. The normalized spacial score (nSPS) is 14.8. The van der Waals surface area contributed by atoms with Crippen LogP contribution >= 0.6 is 15.6 Å². The minimum Gasteiger partial charge on any atom is -0.463 e. The van der Waals surface area contributed by atoms with E-state index in [-0.39, 0.29) is 19.3 Å². The van der Waals surface area contributed by atoms with Gasteiger partial charge in [-0.2, -0.15) is 0 Å². The van der Waals surface area contributed by atoms with Crippen LogP contribution in [0.4, 0.5) is 0 Å². The third-order valence-corrected chi connectivity index (χ3v) is 18.8. The molecule has 0 spiro atoms. The van der Waals surface area contributed by atoms with E-state index in [1.807, 2.05) is 12.2 Å². The van der Waals surface area contributed by atoms with Gasteiger partial charge in [0.15, 0.2) is 6.10 Å². The van der Waals surface area contributed by atoms with Crippen molar-refractivity contribution in [1.29, 1.82) is 0 Å². The molecule has 4 N–H and O–H groups in total. The standard InChI is InChI=1S/C89H148O16P2/c1-4-7-10-13-16-19-22-25-28-31-33-35-37-39-40-41-42-44-46-47-49-52-54-57-60-63-66-69-72-75-87(92)99-78-84(90)79-101-106(95,96)102-80-85(91)81-103-107(97,98)104-83-86(105-89(94)77-74-71-68-65-62-59-56-51-30-27-24-21-18-15-12-9-6-3)82-100-88(93)76-73-70-67-64-61-58-55-53-50-48-45-43-38-36-34-32-29-26-23-20-17-14-11-8-5-2/h7,9-10,12,16-21,25-30,33-36,39-40,43,45,56,59,65,68,84-86,90-91H,4-6,8,11,13-15,22-24,31-32,37-38,41-42,44,46-55,57-58,60-64,66-67,69-83H2,1-3H3,(H,95,96)(H,97,98)/b10-7-,12-9-,19-16-,20-17-,21-18-,28-25-,29-26-,30-27-,35-33-,36-34-,40-39-,45-43-,59-56-,68-65-. The van der Waals surface area contributed by atoms with Gasteiger partial charge in [-0.15, -0.1) is 0 Å². The highest BCUT2D eigenvalue weighted by atomic mass is 31.2. The molecule has 18 heteroatoms. The fourth-order valence-corrected chi connectivity index (χ4v) is 12.3. The van der Waals surface area contributed by atoms with Crippen molar-refractivity contribution >= 4 is 33.6 Å². The topological polar surface area (TPSA) is 231 Å². The van der Waals surface area contributed by atoms with Crippen LogP contribution in [0.1, 0.15) is 316 Å². The zero-order valence-corrected chi connectivity index (χ0v) is 68.5. The average molecular weight is 1540 g/mol. The van der Waals surface area contributed by atoms with Crippen molar-refractivity contribution in [1.82, 2.24) is 0 Å². The van der Waals surface area contributed by atoms with Crippen LogP contribution in [-0.4, -0.2) is 95.9 Å². The van der Waals surface area contributed by atoms with Gasteiger partial charge in [-0.05, 0) is 148 Å². The number of allylic oxidation sites excluding steroid dienone is 28. The second-order valence-electron chi connectivity index (χ2n) is 27.2. The molecule has 0 aliphatic rings. The van der Waals surface area contributed by atoms with Gasteiger partial charge < -0.3 is 34.2 Å². The molecule has 0 aliphatic heterocycles. The van der Waals surface area contributed by atoms with Crippen molar-refractivity contribution in [2.45, 2.75) is 334 Å². The molecule has 0 amide bonds. The highest BCUT2D eigenvalue weighted by molar-refractivity contribution is 7.47. The van der Waals surface area contributed by atoms with Crippen molar-refractivity contribution in [3.05, 3.63) is 170 Å². The molecule has 0 heterocycles. The maximum atomic E-state index is 13.0. The Morgan fingerprint density at radius 3 is 0.813 bits per heavy atom. The van der Waals surface area contributed by atoms with E-state index < -0.39 is 91.5 Å². The van der Waals surface area contributed by atoms with Crippen LogP contribution in [0.5, 0.6) is 0 Å². The summed E-state index contributed by atoms with van der Waals surface area (Å²) in [5.74, 6) is -1.66. The van der Waals surface area contributed by atoms with Crippen molar-refractivity contribution in [2.75, 3.05) is 39.6 Å². The molecule has 0 radical (unpaired) electrons. The van der Waals surface area contributed by atoms with Crippen molar-refractivity contribution in [3.8, 4) is 0 Å². The summed E-state index contributed by atoms with van der Waals surface area (Å²) in [6.07, 6.45) is 103. The molecule has 5 atom stereocenters. The van der Waals surface area contributed by atoms with Crippen LogP contribution in [0.25, 0.3) is 0 Å². The van der Waals surface area contributed by atoms with Gasteiger partial charge in [-0.3, -0.25) is 32.5 Å². The lowest BCUT2D eigenvalue weighted by Gasteiger charge is -2.21. The van der Waals surface area contributed by atoms with Crippen LogP contribution in [0.15, 0.2) is 170 Å². The fraction of sp³-hybridized carbons (Fsp3) is 0.652. The van der Waals surface area contributed by atoms with Crippen LogP contribution in [0.2, 0.25) is 0 Å². The zero-order valence-electron chi connectivity index (χ0n) is 66.7. The highest BCUT2D eigenvalue weighted by Gasteiger charge is 2.29. The van der Waals surface area contributed by atoms with Gasteiger partial charge >= 0.3 is 33.6 Å². The van der Waals surface area contributed by atoms with Gasteiger partial charge in [0.05, 0.1) is 26.4 Å². The fourth-order valence-electron chi connectivity index (χ4n) is 10.7. The van der Waals surface area contributed by atoms with E-state index in [0.29, 0.717) is 25.7 Å². The van der Waals surface area contributed by atoms with Crippen molar-refractivity contribution in [3.63, 3.8) is 0 Å². The number of unbranched alkanes of at least 4 members (excludes halogenated alkanes) is 26. The van der Waals surface area contributed by atoms with Gasteiger partial charge in [0.2, 0.25) is 0 Å². The van der Waals surface area contributed by atoms with E-state index in [9.17, 15) is 43.5 Å². The minimum atomic E-state index is -4.96. The minimum absolute atomic E-state index is 0.0198. The average Bonchev–Trinajstić information content (AvgIpc) is 0.908. The molecule has 5 unspecified atom stereocenters. The number of phosphoric acid groups is 2. The molecule has 0 fully saturated rings. The van der Waals surface area contributed by atoms with Gasteiger partial charge in [0.1, 0.15) is 25.4 Å². The predicted molar refractivity (Wildman–Crippen MR) is 445 cm³/mol. The lowest BCUT2D eigenvalue weighted by molar-refractivity contribution is -0.161. The quantitative estimate of drug-likeness (QED) is 0.0146. The maximum Gasteiger partial charge on any atom is 0.472 e. The number of rotatable bonds is 77. The van der Waals surface area contributed by atoms with E-state index in [1.54, 1.807) is 0 Å². The molecular formula is C89H148O16P2. The molecule has 0 bridgehead atoms. The molecule has 0 saturated heterocycles. The first-order chi connectivity index (χ1) is 52.2. The van der Waals surface area contributed by atoms with E-state index in [2.05, 4.69) is 179 Å². The summed E-state index contributed by atoms with van der Waals surface area (Å²) in [6, 6.07) is 0. The Kier molecular flexibility index (Phi) is 76.6. The number of carbonyl (C=O) groups excluding carboxylic acids is 3. The molecule has 0 aliphatic carbocycles. The van der Waals surface area contributed by atoms with Crippen LogP contribution in [-0.2, 0) is 55.8 Å². The van der Waals surface area contributed by atoms with Gasteiger partial charge in [-0.25, -0.2) is 9.13 Å². The number of ether oxygens (including phenoxy) is 3. The first-order valence-electron chi connectivity index (χ1n) is 41.4. The third-order valence-electron chi connectivity index (χ3n) is 16.9. The molecule has 107 heavy (non-hydrogen) atoms. The summed E-state index contributed by atoms with van der Waals surface area (Å²) in [7, 11) is -9.83. The Bertz CT molecular complexity index is 2620. The number of aliphatic hydroxyl groups excluding tert-OH is 2. The lowest BCUT2D eigenvalue weighted by atomic mass is 10.0. The van der Waals surface area contributed by atoms with Crippen LogP contribution < -0.4 is 0 Å². The summed E-state index contributed by atoms with van der Waals surface area (Å²) in [6.45, 7) is 2.35. The predicted octanol–water partition coefficient (Wildman–Crippen LogP) is 24.8. The number of carbonyl (C=O) groups is 3. The summed E-state index contributed by atoms with van der Waals surface area (Å²) in [5, 5.41) is 20.7. The van der Waals surface area contributed by atoms with Crippen LogP contribution in [0.3, 0.4) is 0 Å². The third kappa shape index (κ3) is 81.7. The van der Waals surface area contributed by atoms with Gasteiger partial charge in [-0.1, -0.05) is 319 Å². The first-order valence-corrected chi connectivity index (χ1v) is 44.4. The summed E-state index contributed by atoms with van der Waals surface area (Å²) < 4.78 is 61.2. The molecule has 16 nitrogen and oxygen atoms in total. The molecule has 610 valence electrons. The molecule has 0 aromatic rings.